The van der Waals surface area contributed by atoms with Gasteiger partial charge in [0.1, 0.15) is 0 Å². The first-order valence-electron chi connectivity index (χ1n) is 12.3. The van der Waals surface area contributed by atoms with E-state index in [1.54, 1.807) is 17.0 Å². The number of anilines is 1. The van der Waals surface area contributed by atoms with Crippen LogP contribution in [0.2, 0.25) is 5.02 Å². The Morgan fingerprint density at radius 3 is 2.35 bits per heavy atom. The summed E-state index contributed by atoms with van der Waals surface area (Å²) >= 11 is 6.12. The van der Waals surface area contributed by atoms with E-state index in [9.17, 15) is 9.59 Å². The molecule has 2 heterocycles. The minimum atomic E-state index is -0.118. The van der Waals surface area contributed by atoms with Crippen molar-refractivity contribution < 1.29 is 9.59 Å². The van der Waals surface area contributed by atoms with Gasteiger partial charge in [-0.2, -0.15) is 5.10 Å². The summed E-state index contributed by atoms with van der Waals surface area (Å²) in [5.74, 6) is 0.377. The summed E-state index contributed by atoms with van der Waals surface area (Å²) in [5.41, 5.74) is 3.58. The lowest BCUT2D eigenvalue weighted by molar-refractivity contribution is -0.117. The minimum absolute atomic E-state index is 0. The maximum Gasteiger partial charge on any atom is 0.317 e. The van der Waals surface area contributed by atoms with Crippen molar-refractivity contribution in [3.63, 3.8) is 0 Å². The second kappa shape index (κ2) is 13.5. The highest BCUT2D eigenvalue weighted by Crippen LogP contribution is 2.20. The third kappa shape index (κ3) is 7.95. The Kier molecular flexibility index (Phi) is 10.4. The van der Waals surface area contributed by atoms with Crippen molar-refractivity contribution >= 4 is 41.6 Å². The summed E-state index contributed by atoms with van der Waals surface area (Å²) in [6.45, 7) is 7.37. The van der Waals surface area contributed by atoms with E-state index < -0.39 is 0 Å². The van der Waals surface area contributed by atoms with E-state index >= 15 is 0 Å². The van der Waals surface area contributed by atoms with E-state index in [-0.39, 0.29) is 30.9 Å². The molecule has 8 nitrogen and oxygen atoms in total. The number of hydrogen-bond acceptors (Lipinski definition) is 4. The molecule has 1 fully saturated rings. The fourth-order valence-corrected chi connectivity index (χ4v) is 4.44. The van der Waals surface area contributed by atoms with Crippen LogP contribution >= 0.6 is 24.0 Å². The molecule has 1 saturated heterocycles. The molecule has 0 spiro atoms. The van der Waals surface area contributed by atoms with Gasteiger partial charge in [0.2, 0.25) is 5.91 Å². The molecule has 0 radical (unpaired) electrons. The second-order valence-corrected chi connectivity index (χ2v) is 9.83. The number of para-hydroxylation sites is 2. The Balaban J connectivity index is 0.00000380. The zero-order chi connectivity index (χ0) is 25.5. The van der Waals surface area contributed by atoms with Crippen LogP contribution in [-0.2, 0) is 17.8 Å². The van der Waals surface area contributed by atoms with Gasteiger partial charge in [0, 0.05) is 31.9 Å². The number of piperazine rings is 1. The number of carbonyl (C=O) groups excluding carboxylic acids is 2. The number of aromatic nitrogens is 2. The molecule has 3 amide bonds. The van der Waals surface area contributed by atoms with Crippen LogP contribution in [-0.4, -0.2) is 64.2 Å². The fourth-order valence-electron chi connectivity index (χ4n) is 4.26. The van der Waals surface area contributed by atoms with Gasteiger partial charge in [-0.3, -0.25) is 9.69 Å². The third-order valence-corrected chi connectivity index (χ3v) is 6.38. The van der Waals surface area contributed by atoms with Gasteiger partial charge in [-0.05, 0) is 42.7 Å². The number of carbonyl (C=O) groups is 2. The standard InChI is InChI=1S/C27H33ClN6O2.ClH/c1-20(2)16-23-17-21(31-34(23)22-8-4-3-5-9-22)18-29-27(36)33-14-12-32(13-15-33)19-26(35)30-25-11-7-6-10-24(25)28;/h3-11,17,20H,12-16,18-19H2,1-2H3,(H,29,36)(H,30,35);1H. The molecule has 0 bridgehead atoms. The Hall–Kier alpha value is -3.07. The van der Waals surface area contributed by atoms with Gasteiger partial charge < -0.3 is 15.5 Å². The minimum Gasteiger partial charge on any atom is -0.332 e. The Bertz CT molecular complexity index is 1180. The molecule has 1 aromatic heterocycles. The van der Waals surface area contributed by atoms with Gasteiger partial charge in [0.05, 0.1) is 35.2 Å². The van der Waals surface area contributed by atoms with Crippen LogP contribution in [0.25, 0.3) is 5.69 Å². The van der Waals surface area contributed by atoms with E-state index in [4.69, 9.17) is 16.7 Å². The first kappa shape index (κ1) is 28.5. The number of nitrogens with zero attached hydrogens (tertiary/aromatic N) is 4. The van der Waals surface area contributed by atoms with Crippen molar-refractivity contribution in [3.05, 3.63) is 77.1 Å². The number of halogens is 2. The van der Waals surface area contributed by atoms with E-state index in [1.165, 1.54) is 0 Å². The third-order valence-electron chi connectivity index (χ3n) is 6.05. The average Bonchev–Trinajstić information content (AvgIpc) is 3.27. The zero-order valence-corrected chi connectivity index (χ0v) is 22.8. The summed E-state index contributed by atoms with van der Waals surface area (Å²) < 4.78 is 1.97. The van der Waals surface area contributed by atoms with E-state index in [2.05, 4.69) is 30.5 Å². The van der Waals surface area contributed by atoms with E-state index in [0.717, 1.165) is 23.5 Å². The Labute approximate surface area is 229 Å². The van der Waals surface area contributed by atoms with Crippen LogP contribution in [0.1, 0.15) is 25.2 Å². The van der Waals surface area contributed by atoms with Crippen LogP contribution in [0, 0.1) is 5.92 Å². The molecule has 10 heteroatoms. The number of benzene rings is 2. The van der Waals surface area contributed by atoms with Gasteiger partial charge >= 0.3 is 6.03 Å². The molecule has 3 aromatic rings. The van der Waals surface area contributed by atoms with Gasteiger partial charge in [-0.25, -0.2) is 9.48 Å². The largest absolute Gasteiger partial charge is 0.332 e. The predicted octanol–water partition coefficient (Wildman–Crippen LogP) is 4.61. The molecule has 2 aromatic carbocycles. The fraction of sp³-hybridized carbons (Fsp3) is 0.370. The molecule has 1 aliphatic rings. The molecule has 0 atom stereocenters. The maximum atomic E-state index is 12.8. The Morgan fingerprint density at radius 1 is 1.00 bits per heavy atom. The summed E-state index contributed by atoms with van der Waals surface area (Å²) in [4.78, 5) is 29.0. The summed E-state index contributed by atoms with van der Waals surface area (Å²) in [6, 6.07) is 19.2. The van der Waals surface area contributed by atoms with Crippen molar-refractivity contribution in [2.75, 3.05) is 38.0 Å². The normalized spacial score (nSPS) is 13.8. The molecule has 4 rings (SSSR count). The highest BCUT2D eigenvalue weighted by molar-refractivity contribution is 6.33. The molecule has 0 aliphatic carbocycles. The first-order valence-corrected chi connectivity index (χ1v) is 12.7. The van der Waals surface area contributed by atoms with Gasteiger partial charge in [-0.15, -0.1) is 12.4 Å². The lowest BCUT2D eigenvalue weighted by Gasteiger charge is -2.34. The van der Waals surface area contributed by atoms with Crippen LogP contribution in [0.3, 0.4) is 0 Å². The van der Waals surface area contributed by atoms with Crippen molar-refractivity contribution in [3.8, 4) is 5.69 Å². The van der Waals surface area contributed by atoms with Gasteiger partial charge in [0.25, 0.3) is 0 Å². The lowest BCUT2D eigenvalue weighted by atomic mass is 10.1. The van der Waals surface area contributed by atoms with Gasteiger partial charge in [0.15, 0.2) is 0 Å². The molecule has 2 N–H and O–H groups in total. The average molecular weight is 546 g/mol. The van der Waals surface area contributed by atoms with Crippen molar-refractivity contribution in [2.45, 2.75) is 26.8 Å². The highest BCUT2D eigenvalue weighted by Gasteiger charge is 2.23. The van der Waals surface area contributed by atoms with Crippen molar-refractivity contribution in [1.29, 1.82) is 0 Å². The number of nitrogens with one attached hydrogen (secondary N) is 2. The number of hydrogen-bond donors (Lipinski definition) is 2. The van der Waals surface area contributed by atoms with Crippen molar-refractivity contribution in [2.24, 2.45) is 5.92 Å². The predicted molar refractivity (Wildman–Crippen MR) is 150 cm³/mol. The molecule has 37 heavy (non-hydrogen) atoms. The Morgan fingerprint density at radius 2 is 1.68 bits per heavy atom. The molecular formula is C27H34Cl2N6O2. The molecular weight excluding hydrogens is 511 g/mol. The molecule has 1 aliphatic heterocycles. The number of amides is 3. The lowest BCUT2D eigenvalue weighted by Crippen LogP contribution is -2.52. The molecule has 0 saturated carbocycles. The number of urea groups is 1. The summed E-state index contributed by atoms with van der Waals surface area (Å²) in [6.07, 6.45) is 0.905. The summed E-state index contributed by atoms with van der Waals surface area (Å²) in [5, 5.41) is 11.1. The zero-order valence-electron chi connectivity index (χ0n) is 21.2. The molecule has 198 valence electrons. The van der Waals surface area contributed by atoms with Gasteiger partial charge in [-0.1, -0.05) is 55.8 Å². The SMILES string of the molecule is CC(C)Cc1cc(CNC(=O)N2CCN(CC(=O)Nc3ccccc3Cl)CC2)nn1-c1ccccc1.Cl. The van der Waals surface area contributed by atoms with Crippen LogP contribution in [0.15, 0.2) is 60.7 Å². The van der Waals surface area contributed by atoms with Crippen LogP contribution < -0.4 is 10.6 Å². The monoisotopic (exact) mass is 544 g/mol. The number of rotatable bonds is 8. The summed E-state index contributed by atoms with van der Waals surface area (Å²) in [7, 11) is 0. The second-order valence-electron chi connectivity index (χ2n) is 9.42. The van der Waals surface area contributed by atoms with E-state index in [0.29, 0.717) is 49.4 Å². The topological polar surface area (TPSA) is 82.5 Å². The van der Waals surface area contributed by atoms with Crippen molar-refractivity contribution in [1.82, 2.24) is 24.9 Å². The smallest absolute Gasteiger partial charge is 0.317 e. The molecule has 0 unspecified atom stereocenters. The van der Waals surface area contributed by atoms with Crippen LogP contribution in [0.5, 0.6) is 0 Å². The maximum absolute atomic E-state index is 12.8. The van der Waals surface area contributed by atoms with Crippen LogP contribution in [0.4, 0.5) is 10.5 Å². The first-order chi connectivity index (χ1) is 17.4. The quantitative estimate of drug-likeness (QED) is 0.433. The van der Waals surface area contributed by atoms with E-state index in [1.807, 2.05) is 52.0 Å². The highest BCUT2D eigenvalue weighted by atomic mass is 35.5.